The molecule has 0 aliphatic rings. The van der Waals surface area contributed by atoms with Crippen LogP contribution in [0, 0.1) is 5.41 Å². The summed E-state index contributed by atoms with van der Waals surface area (Å²) < 4.78 is 5.95. The van der Waals surface area contributed by atoms with Crippen molar-refractivity contribution in [1.82, 2.24) is 15.0 Å². The maximum Gasteiger partial charge on any atom is 0.254 e. The minimum absolute atomic E-state index is 0.167. The van der Waals surface area contributed by atoms with Crippen molar-refractivity contribution in [3.05, 3.63) is 35.5 Å². The topological polar surface area (TPSA) is 139 Å². The highest BCUT2D eigenvalue weighted by molar-refractivity contribution is 7.16. The van der Waals surface area contributed by atoms with E-state index in [0.717, 1.165) is 15.9 Å². The van der Waals surface area contributed by atoms with Gasteiger partial charge < -0.3 is 26.5 Å². The Labute approximate surface area is 153 Å². The van der Waals surface area contributed by atoms with Gasteiger partial charge in [0.25, 0.3) is 5.91 Å². The zero-order valence-corrected chi connectivity index (χ0v) is 14.8. The molecule has 0 unspecified atom stereocenters. The standard InChI is InChI=1S/C16H17N7O2S/c1-25-7-9(17)5-19-16-20-6-11(14(18)24)15(23-16)22-10-2-3-13-12(4-10)21-8-26-13/h2-4,6,8,17H,5,7H2,1H3,(H2,18,24)(H2,19,20,22,23). The number of carbonyl (C=O) groups excluding carboxylic acids is 1. The number of thiazole rings is 1. The Kier molecular flexibility index (Phi) is 5.34. The van der Waals surface area contributed by atoms with Crippen LogP contribution in [-0.2, 0) is 4.74 Å². The molecule has 0 spiro atoms. The molecule has 0 aliphatic heterocycles. The maximum atomic E-state index is 11.7. The molecule has 0 atom stereocenters. The van der Waals surface area contributed by atoms with Crippen LogP contribution in [0.3, 0.4) is 0 Å². The van der Waals surface area contributed by atoms with Crippen molar-refractivity contribution in [2.24, 2.45) is 5.73 Å². The molecule has 0 fully saturated rings. The van der Waals surface area contributed by atoms with Gasteiger partial charge in [0.15, 0.2) is 0 Å². The smallest absolute Gasteiger partial charge is 0.254 e. The first-order valence-electron chi connectivity index (χ1n) is 7.63. The summed E-state index contributed by atoms with van der Waals surface area (Å²) in [5.41, 5.74) is 9.27. The molecule has 0 saturated carbocycles. The number of fused-ring (bicyclic) bond motifs is 1. The molecule has 1 amide bonds. The van der Waals surface area contributed by atoms with E-state index in [1.165, 1.54) is 13.3 Å². The van der Waals surface area contributed by atoms with E-state index < -0.39 is 5.91 Å². The van der Waals surface area contributed by atoms with Crippen molar-refractivity contribution in [2.45, 2.75) is 0 Å². The van der Waals surface area contributed by atoms with E-state index in [-0.39, 0.29) is 30.5 Å². The van der Waals surface area contributed by atoms with Crippen LogP contribution in [0.1, 0.15) is 10.4 Å². The van der Waals surface area contributed by atoms with E-state index in [1.807, 2.05) is 18.2 Å². The molecular formula is C16H17N7O2S. The molecule has 134 valence electrons. The van der Waals surface area contributed by atoms with E-state index in [0.29, 0.717) is 5.71 Å². The second-order valence-corrected chi connectivity index (χ2v) is 6.26. The highest BCUT2D eigenvalue weighted by Crippen LogP contribution is 2.25. The third-order valence-corrected chi connectivity index (χ3v) is 4.24. The summed E-state index contributed by atoms with van der Waals surface area (Å²) >= 11 is 1.55. The Bertz CT molecular complexity index is 957. The lowest BCUT2D eigenvalue weighted by Crippen LogP contribution is -2.20. The average Bonchev–Trinajstić information content (AvgIpc) is 3.08. The number of amides is 1. The average molecular weight is 371 g/mol. The number of ether oxygens (including phenoxy) is 1. The van der Waals surface area contributed by atoms with E-state index >= 15 is 0 Å². The second-order valence-electron chi connectivity index (χ2n) is 5.37. The van der Waals surface area contributed by atoms with Gasteiger partial charge in [-0.05, 0) is 18.2 Å². The normalized spacial score (nSPS) is 10.7. The Morgan fingerprint density at radius 2 is 2.23 bits per heavy atom. The number of methoxy groups -OCH3 is 1. The summed E-state index contributed by atoms with van der Waals surface area (Å²) in [5.74, 6) is -0.0862. The van der Waals surface area contributed by atoms with Crippen LogP contribution in [0.4, 0.5) is 17.5 Å². The molecule has 0 bridgehead atoms. The summed E-state index contributed by atoms with van der Waals surface area (Å²) in [6.45, 7) is 0.444. The van der Waals surface area contributed by atoms with Crippen LogP contribution in [0.25, 0.3) is 10.2 Å². The number of rotatable bonds is 8. The molecule has 0 saturated heterocycles. The lowest BCUT2D eigenvalue weighted by atomic mass is 10.2. The number of aromatic nitrogens is 3. The number of nitrogens with one attached hydrogen (secondary N) is 3. The molecule has 5 N–H and O–H groups in total. The quantitative estimate of drug-likeness (QED) is 0.444. The van der Waals surface area contributed by atoms with Crippen LogP contribution in [0.2, 0.25) is 0 Å². The first kappa shape index (κ1) is 17.7. The Balaban J connectivity index is 1.83. The van der Waals surface area contributed by atoms with E-state index in [9.17, 15) is 4.79 Å². The fourth-order valence-corrected chi connectivity index (χ4v) is 2.88. The van der Waals surface area contributed by atoms with Crippen molar-refractivity contribution in [2.75, 3.05) is 30.9 Å². The van der Waals surface area contributed by atoms with Crippen molar-refractivity contribution in [1.29, 1.82) is 5.41 Å². The third kappa shape index (κ3) is 4.10. The number of primary amides is 1. The lowest BCUT2D eigenvalue weighted by molar-refractivity contribution is 0.100. The summed E-state index contributed by atoms with van der Waals surface area (Å²) in [5, 5.41) is 13.7. The number of anilines is 3. The molecule has 9 nitrogen and oxygen atoms in total. The largest absolute Gasteiger partial charge is 0.379 e. The maximum absolute atomic E-state index is 11.7. The number of carbonyl (C=O) groups is 1. The van der Waals surface area contributed by atoms with E-state index in [2.05, 4.69) is 25.6 Å². The van der Waals surface area contributed by atoms with Crippen molar-refractivity contribution >= 4 is 50.6 Å². The highest BCUT2D eigenvalue weighted by Gasteiger charge is 2.13. The molecule has 0 aliphatic carbocycles. The second kappa shape index (κ2) is 7.85. The van der Waals surface area contributed by atoms with Gasteiger partial charge in [0.05, 0.1) is 34.6 Å². The van der Waals surface area contributed by atoms with Gasteiger partial charge >= 0.3 is 0 Å². The molecule has 3 aromatic rings. The SMILES string of the molecule is COCC(=N)CNc1ncc(C(N)=O)c(Nc2ccc3scnc3c2)n1. The zero-order valence-electron chi connectivity index (χ0n) is 13.9. The van der Waals surface area contributed by atoms with Gasteiger partial charge in [-0.3, -0.25) is 4.79 Å². The van der Waals surface area contributed by atoms with Crippen molar-refractivity contribution in [3.8, 4) is 0 Å². The molecule has 26 heavy (non-hydrogen) atoms. The van der Waals surface area contributed by atoms with Crippen molar-refractivity contribution < 1.29 is 9.53 Å². The van der Waals surface area contributed by atoms with Crippen LogP contribution in [0.5, 0.6) is 0 Å². The van der Waals surface area contributed by atoms with Gasteiger partial charge in [-0.15, -0.1) is 11.3 Å². The highest BCUT2D eigenvalue weighted by atomic mass is 32.1. The fraction of sp³-hybridized carbons (Fsp3) is 0.188. The van der Waals surface area contributed by atoms with Crippen LogP contribution in [-0.4, -0.2) is 46.8 Å². The predicted octanol–water partition coefficient (Wildman–Crippen LogP) is 2.01. The Morgan fingerprint density at radius 3 is 3.00 bits per heavy atom. The number of benzene rings is 1. The Morgan fingerprint density at radius 1 is 1.38 bits per heavy atom. The summed E-state index contributed by atoms with van der Waals surface area (Å²) in [4.78, 5) is 24.3. The minimum atomic E-state index is -0.638. The number of hydrogen-bond acceptors (Lipinski definition) is 9. The van der Waals surface area contributed by atoms with Crippen LogP contribution in [0.15, 0.2) is 29.9 Å². The summed E-state index contributed by atoms with van der Waals surface area (Å²) in [6, 6.07) is 5.67. The Hall–Kier alpha value is -3.11. The number of nitrogens with zero attached hydrogens (tertiary/aromatic N) is 3. The van der Waals surface area contributed by atoms with Crippen molar-refractivity contribution in [3.63, 3.8) is 0 Å². The van der Waals surface area contributed by atoms with Gasteiger partial charge in [0.2, 0.25) is 5.95 Å². The molecule has 2 heterocycles. The van der Waals surface area contributed by atoms with E-state index in [4.69, 9.17) is 15.9 Å². The van der Waals surface area contributed by atoms with Gasteiger partial charge in [-0.25, -0.2) is 9.97 Å². The van der Waals surface area contributed by atoms with Gasteiger partial charge in [0.1, 0.15) is 11.4 Å². The van der Waals surface area contributed by atoms with Gasteiger partial charge in [-0.2, -0.15) is 4.98 Å². The first-order valence-corrected chi connectivity index (χ1v) is 8.51. The van der Waals surface area contributed by atoms with Crippen LogP contribution >= 0.6 is 11.3 Å². The monoisotopic (exact) mass is 371 g/mol. The molecule has 2 aromatic heterocycles. The number of nitrogens with two attached hydrogens (primary N) is 1. The molecule has 3 rings (SSSR count). The molecule has 10 heteroatoms. The third-order valence-electron chi connectivity index (χ3n) is 3.43. The number of hydrogen-bond donors (Lipinski definition) is 4. The van der Waals surface area contributed by atoms with Gasteiger partial charge in [-0.1, -0.05) is 0 Å². The molecule has 0 radical (unpaired) electrons. The molecule has 1 aromatic carbocycles. The lowest BCUT2D eigenvalue weighted by Gasteiger charge is -2.11. The first-order chi connectivity index (χ1) is 12.6. The molecular weight excluding hydrogens is 354 g/mol. The van der Waals surface area contributed by atoms with E-state index in [1.54, 1.807) is 16.8 Å². The summed E-state index contributed by atoms with van der Waals surface area (Å²) in [6.07, 6.45) is 1.35. The predicted molar refractivity (Wildman–Crippen MR) is 102 cm³/mol. The minimum Gasteiger partial charge on any atom is -0.379 e. The van der Waals surface area contributed by atoms with Crippen LogP contribution < -0.4 is 16.4 Å². The summed E-state index contributed by atoms with van der Waals surface area (Å²) in [7, 11) is 1.52. The van der Waals surface area contributed by atoms with Gasteiger partial charge in [0, 0.05) is 19.0 Å². The zero-order chi connectivity index (χ0) is 18.5. The fourth-order valence-electron chi connectivity index (χ4n) is 2.23.